The summed E-state index contributed by atoms with van der Waals surface area (Å²) >= 11 is 0. The molecule has 2 aliphatic rings. The van der Waals surface area contributed by atoms with Crippen molar-refractivity contribution >= 4 is 39.0 Å². The van der Waals surface area contributed by atoms with Gasteiger partial charge in [-0.2, -0.15) is 0 Å². The number of hydrogen-bond acceptors (Lipinski definition) is 2. The first-order valence-corrected chi connectivity index (χ1v) is 21.8. The van der Waals surface area contributed by atoms with Gasteiger partial charge in [0.15, 0.2) is 0 Å². The van der Waals surface area contributed by atoms with Crippen molar-refractivity contribution in [2.45, 2.75) is 38.5 Å². The van der Waals surface area contributed by atoms with Gasteiger partial charge in [-0.25, -0.2) is 0 Å². The smallest absolute Gasteiger partial charge is 0.143 e. The fourth-order valence-corrected chi connectivity index (χ4v) is 10.8. The van der Waals surface area contributed by atoms with Crippen LogP contribution in [0.1, 0.15) is 49.9 Å². The Labute approximate surface area is 363 Å². The lowest BCUT2D eigenvalue weighted by Gasteiger charge is -2.30. The quantitative estimate of drug-likeness (QED) is 0.167. The summed E-state index contributed by atoms with van der Waals surface area (Å²) in [6, 6.07) is 73.6. The lowest BCUT2D eigenvalue weighted by Crippen LogP contribution is -2.17. The third kappa shape index (κ3) is 5.36. The first-order valence-electron chi connectivity index (χ1n) is 21.8. The molecule has 0 saturated heterocycles. The first kappa shape index (κ1) is 36.4. The molecule has 0 unspecified atom stereocenters. The second kappa shape index (κ2) is 13.5. The van der Waals surface area contributed by atoms with Gasteiger partial charge < -0.3 is 9.32 Å². The van der Waals surface area contributed by atoms with Gasteiger partial charge in [0, 0.05) is 44.1 Å². The Morgan fingerprint density at radius 3 is 1.69 bits per heavy atom. The number of rotatable bonds is 6. The Hall–Kier alpha value is -7.42. The molecule has 1 heterocycles. The van der Waals surface area contributed by atoms with Gasteiger partial charge in [-0.05, 0) is 109 Å². The van der Waals surface area contributed by atoms with Crippen molar-refractivity contribution in [2.24, 2.45) is 0 Å². The molecule has 62 heavy (non-hydrogen) atoms. The van der Waals surface area contributed by atoms with E-state index >= 15 is 0 Å². The predicted molar refractivity (Wildman–Crippen MR) is 260 cm³/mol. The van der Waals surface area contributed by atoms with E-state index in [1.807, 2.05) is 6.07 Å². The summed E-state index contributed by atoms with van der Waals surface area (Å²) in [5, 5.41) is 2.26. The largest absolute Gasteiger partial charge is 0.455 e. The molecule has 1 aromatic heterocycles. The number of hydrogen-bond donors (Lipinski definition) is 0. The molecule has 2 nitrogen and oxygen atoms in total. The maximum Gasteiger partial charge on any atom is 0.143 e. The van der Waals surface area contributed by atoms with Crippen LogP contribution in [0.3, 0.4) is 0 Å². The van der Waals surface area contributed by atoms with E-state index in [-0.39, 0.29) is 10.8 Å². The normalized spacial score (nSPS) is 14.1. The molecule has 0 bridgehead atoms. The molecule has 12 rings (SSSR count). The Balaban J connectivity index is 1.06. The Morgan fingerprint density at radius 2 is 0.887 bits per heavy atom. The molecule has 0 amide bonds. The van der Waals surface area contributed by atoms with Crippen LogP contribution in [0.4, 0.5) is 17.1 Å². The van der Waals surface area contributed by atoms with Crippen LogP contribution in [0.5, 0.6) is 0 Å². The van der Waals surface area contributed by atoms with Crippen molar-refractivity contribution in [1.29, 1.82) is 0 Å². The number of nitrogens with zero attached hydrogens (tertiary/aromatic N) is 1. The third-order valence-electron chi connectivity index (χ3n) is 13.9. The molecular weight excluding hydrogens is 751 g/mol. The average Bonchev–Trinajstić information content (AvgIpc) is 3.89. The highest BCUT2D eigenvalue weighted by atomic mass is 16.3. The van der Waals surface area contributed by atoms with Crippen molar-refractivity contribution in [3.63, 3.8) is 0 Å². The van der Waals surface area contributed by atoms with Gasteiger partial charge >= 0.3 is 0 Å². The maximum absolute atomic E-state index is 6.59. The summed E-state index contributed by atoms with van der Waals surface area (Å²) < 4.78 is 6.59. The molecule has 296 valence electrons. The standard InChI is InChI=1S/C60H45NO/c1-59(2)53-28-12-8-22-46(53)51-36-39(31-34-54(51)59)42-19-5-6-20-44(42)48-23-9-13-29-56(48)61(41-32-33-47-45-21-7-11-27-52(45)60(3,4)55(47)37-41)40-18-15-17-38(35-40)43-25-16-26-50-49-24-10-14-30-57(49)62-58(43)50/h5-37H,1-4H3. The zero-order valence-electron chi connectivity index (χ0n) is 35.4. The predicted octanol–water partition coefficient (Wildman–Crippen LogP) is 16.7. The van der Waals surface area contributed by atoms with Crippen molar-refractivity contribution in [1.82, 2.24) is 0 Å². The van der Waals surface area contributed by atoms with E-state index in [1.54, 1.807) is 0 Å². The number of furan rings is 1. The van der Waals surface area contributed by atoms with Gasteiger partial charge in [-0.3, -0.25) is 0 Å². The van der Waals surface area contributed by atoms with Crippen molar-refractivity contribution in [3.05, 3.63) is 222 Å². The number of para-hydroxylation sites is 3. The molecule has 9 aromatic carbocycles. The van der Waals surface area contributed by atoms with E-state index in [4.69, 9.17) is 4.42 Å². The zero-order valence-corrected chi connectivity index (χ0v) is 35.4. The van der Waals surface area contributed by atoms with Gasteiger partial charge in [-0.15, -0.1) is 0 Å². The van der Waals surface area contributed by atoms with Gasteiger partial charge in [0.2, 0.25) is 0 Å². The van der Waals surface area contributed by atoms with Crippen LogP contribution in [0.25, 0.3) is 77.6 Å². The van der Waals surface area contributed by atoms with E-state index < -0.39 is 0 Å². The van der Waals surface area contributed by atoms with Gasteiger partial charge in [-0.1, -0.05) is 185 Å². The van der Waals surface area contributed by atoms with Crippen LogP contribution in [-0.2, 0) is 10.8 Å². The lowest BCUT2D eigenvalue weighted by molar-refractivity contribution is 0.660. The maximum atomic E-state index is 6.59. The third-order valence-corrected chi connectivity index (χ3v) is 13.9. The number of benzene rings is 9. The van der Waals surface area contributed by atoms with Crippen molar-refractivity contribution in [3.8, 4) is 55.6 Å². The topological polar surface area (TPSA) is 16.4 Å². The molecule has 0 aliphatic heterocycles. The van der Waals surface area contributed by atoms with E-state index in [9.17, 15) is 0 Å². The highest BCUT2D eigenvalue weighted by Gasteiger charge is 2.37. The first-order chi connectivity index (χ1) is 30.3. The molecule has 10 aromatic rings. The Kier molecular flexibility index (Phi) is 7.96. The van der Waals surface area contributed by atoms with Crippen LogP contribution >= 0.6 is 0 Å². The molecule has 2 heteroatoms. The van der Waals surface area contributed by atoms with Crippen LogP contribution in [0.2, 0.25) is 0 Å². The summed E-state index contributed by atoms with van der Waals surface area (Å²) in [4.78, 5) is 2.47. The Morgan fingerprint density at radius 1 is 0.339 bits per heavy atom. The average molecular weight is 796 g/mol. The van der Waals surface area contributed by atoms with Gasteiger partial charge in [0.1, 0.15) is 11.2 Å². The minimum Gasteiger partial charge on any atom is -0.455 e. The lowest BCUT2D eigenvalue weighted by atomic mass is 9.82. The second-order valence-electron chi connectivity index (χ2n) is 18.1. The van der Waals surface area contributed by atoms with Gasteiger partial charge in [0.25, 0.3) is 0 Å². The molecule has 0 fully saturated rings. The van der Waals surface area contributed by atoms with Crippen LogP contribution in [0, 0.1) is 0 Å². The minimum atomic E-state index is -0.154. The minimum absolute atomic E-state index is 0.0483. The summed E-state index contributed by atoms with van der Waals surface area (Å²) in [5.41, 5.74) is 22.6. The summed E-state index contributed by atoms with van der Waals surface area (Å²) in [5.74, 6) is 0. The Bertz CT molecular complexity index is 3430. The van der Waals surface area contributed by atoms with Crippen molar-refractivity contribution < 1.29 is 4.42 Å². The fraction of sp³-hybridized carbons (Fsp3) is 0.100. The highest BCUT2D eigenvalue weighted by Crippen LogP contribution is 2.53. The summed E-state index contributed by atoms with van der Waals surface area (Å²) in [6.45, 7) is 9.42. The van der Waals surface area contributed by atoms with Crippen LogP contribution in [-0.4, -0.2) is 0 Å². The molecule has 0 saturated carbocycles. The summed E-state index contributed by atoms with van der Waals surface area (Å²) in [6.07, 6.45) is 0. The zero-order chi connectivity index (χ0) is 41.7. The number of fused-ring (bicyclic) bond motifs is 9. The van der Waals surface area contributed by atoms with E-state index in [1.165, 1.54) is 61.2 Å². The number of anilines is 3. The molecule has 0 atom stereocenters. The monoisotopic (exact) mass is 795 g/mol. The molecular formula is C60H45NO. The van der Waals surface area contributed by atoms with E-state index in [0.29, 0.717) is 0 Å². The van der Waals surface area contributed by atoms with Crippen LogP contribution in [0.15, 0.2) is 205 Å². The molecule has 0 spiro atoms. The summed E-state index contributed by atoms with van der Waals surface area (Å²) in [7, 11) is 0. The molecule has 0 radical (unpaired) electrons. The SMILES string of the molecule is CC1(C)c2ccccc2-c2cc(-c3ccccc3-c3ccccc3N(c3cccc(-c4cccc5c4oc4ccccc45)c3)c3ccc4c(c3)C(C)(C)c3ccccc3-4)ccc21. The van der Waals surface area contributed by atoms with E-state index in [2.05, 4.69) is 227 Å². The highest BCUT2D eigenvalue weighted by molar-refractivity contribution is 6.10. The fourth-order valence-electron chi connectivity index (χ4n) is 10.8. The molecule has 0 N–H and O–H groups in total. The molecule has 2 aliphatic carbocycles. The second-order valence-corrected chi connectivity index (χ2v) is 18.1. The van der Waals surface area contributed by atoms with Crippen molar-refractivity contribution in [2.75, 3.05) is 4.90 Å². The van der Waals surface area contributed by atoms with Gasteiger partial charge in [0.05, 0.1) is 5.69 Å². The van der Waals surface area contributed by atoms with Crippen LogP contribution < -0.4 is 4.90 Å². The van der Waals surface area contributed by atoms with E-state index in [0.717, 1.165) is 55.7 Å².